The molecule has 1 fully saturated rings. The van der Waals surface area contributed by atoms with Crippen molar-refractivity contribution < 1.29 is 4.52 Å². The maximum atomic E-state index is 5.39. The minimum absolute atomic E-state index is 0.0992. The molecule has 3 heterocycles. The van der Waals surface area contributed by atoms with Crippen LogP contribution in [0.4, 0.5) is 0 Å². The molecule has 2 aliphatic rings. The fraction of sp³-hybridized carbons (Fsp3) is 0.583. The van der Waals surface area contributed by atoms with Gasteiger partial charge in [-0.05, 0) is 12.8 Å². The maximum absolute atomic E-state index is 5.39. The second kappa shape index (κ2) is 3.91. The van der Waals surface area contributed by atoms with Crippen LogP contribution in [-0.4, -0.2) is 20.1 Å². The van der Waals surface area contributed by atoms with Gasteiger partial charge in [-0.2, -0.15) is 4.98 Å². The molecule has 0 saturated heterocycles. The van der Waals surface area contributed by atoms with E-state index in [1.165, 1.54) is 19.3 Å². The van der Waals surface area contributed by atoms with E-state index < -0.39 is 0 Å². The van der Waals surface area contributed by atoms with Crippen molar-refractivity contribution in [3.8, 4) is 0 Å². The lowest BCUT2D eigenvalue weighted by atomic mass is 9.85. The van der Waals surface area contributed by atoms with Gasteiger partial charge in [-0.1, -0.05) is 11.6 Å². The molecule has 6 heteroatoms. The van der Waals surface area contributed by atoms with E-state index in [0.717, 1.165) is 30.2 Å². The first-order valence-electron chi connectivity index (χ1n) is 6.48. The van der Waals surface area contributed by atoms with Crippen LogP contribution < -0.4 is 5.32 Å². The number of fused-ring (bicyclic) bond motifs is 1. The van der Waals surface area contributed by atoms with Crippen LogP contribution in [0.15, 0.2) is 10.9 Å². The molecule has 6 nitrogen and oxygen atoms in total. The first-order valence-corrected chi connectivity index (χ1v) is 6.48. The van der Waals surface area contributed by atoms with Gasteiger partial charge in [0.25, 0.3) is 0 Å². The highest BCUT2D eigenvalue weighted by Crippen LogP contribution is 2.35. The lowest BCUT2D eigenvalue weighted by Crippen LogP contribution is -2.28. The zero-order valence-corrected chi connectivity index (χ0v) is 10.0. The lowest BCUT2D eigenvalue weighted by molar-refractivity contribution is 0.310. The number of imidazole rings is 1. The van der Waals surface area contributed by atoms with Crippen molar-refractivity contribution in [1.82, 2.24) is 25.4 Å². The van der Waals surface area contributed by atoms with Crippen molar-refractivity contribution in [2.24, 2.45) is 0 Å². The summed E-state index contributed by atoms with van der Waals surface area (Å²) in [7, 11) is 0. The van der Waals surface area contributed by atoms with Gasteiger partial charge in [0.15, 0.2) is 5.82 Å². The van der Waals surface area contributed by atoms with Gasteiger partial charge in [0.1, 0.15) is 0 Å². The Morgan fingerprint density at radius 2 is 2.28 bits per heavy atom. The van der Waals surface area contributed by atoms with Gasteiger partial charge in [-0.25, -0.2) is 4.98 Å². The predicted molar refractivity (Wildman–Crippen MR) is 62.8 cm³/mol. The molecule has 0 amide bonds. The molecule has 1 saturated carbocycles. The Labute approximate surface area is 104 Å². The third-order valence-electron chi connectivity index (χ3n) is 3.96. The first kappa shape index (κ1) is 10.3. The van der Waals surface area contributed by atoms with Gasteiger partial charge in [-0.15, -0.1) is 0 Å². The van der Waals surface area contributed by atoms with Crippen LogP contribution in [-0.2, 0) is 13.0 Å². The Bertz CT molecular complexity index is 556. The van der Waals surface area contributed by atoms with Gasteiger partial charge in [0, 0.05) is 18.9 Å². The zero-order chi connectivity index (χ0) is 11.9. The van der Waals surface area contributed by atoms with E-state index in [1.807, 2.05) is 0 Å². The van der Waals surface area contributed by atoms with Gasteiger partial charge < -0.3 is 9.51 Å². The van der Waals surface area contributed by atoms with Crippen LogP contribution in [0.3, 0.4) is 0 Å². The van der Waals surface area contributed by atoms with Crippen LogP contribution in [0.5, 0.6) is 0 Å². The molecule has 0 spiro atoms. The van der Waals surface area contributed by atoms with Crippen LogP contribution in [0.1, 0.15) is 54.3 Å². The van der Waals surface area contributed by atoms with Gasteiger partial charge in [0.05, 0.1) is 23.8 Å². The van der Waals surface area contributed by atoms with Crippen LogP contribution in [0, 0.1) is 0 Å². The van der Waals surface area contributed by atoms with Gasteiger partial charge in [0.2, 0.25) is 5.89 Å². The molecule has 94 valence electrons. The summed E-state index contributed by atoms with van der Waals surface area (Å²) in [5.41, 5.74) is 2.26. The molecule has 1 aliphatic heterocycles. The molecule has 2 aromatic heterocycles. The number of hydrogen-bond acceptors (Lipinski definition) is 5. The minimum atomic E-state index is 0.0992. The second-order valence-corrected chi connectivity index (χ2v) is 5.08. The summed E-state index contributed by atoms with van der Waals surface area (Å²) in [4.78, 5) is 12.0. The van der Waals surface area contributed by atoms with Crippen molar-refractivity contribution >= 4 is 0 Å². The Kier molecular flexibility index (Phi) is 2.23. The third kappa shape index (κ3) is 1.56. The summed E-state index contributed by atoms with van der Waals surface area (Å²) in [5.74, 6) is 2.10. The van der Waals surface area contributed by atoms with Crippen LogP contribution >= 0.6 is 0 Å². The fourth-order valence-corrected chi connectivity index (χ4v) is 2.56. The van der Waals surface area contributed by atoms with E-state index in [0.29, 0.717) is 11.8 Å². The number of hydrogen-bond donors (Lipinski definition) is 2. The SMILES string of the molecule is c1nc2c([nH]1)CNC(c1nc(C3CCC3)no1)C2. The quantitative estimate of drug-likeness (QED) is 0.837. The lowest BCUT2D eigenvalue weighted by Gasteiger charge is -2.21. The molecule has 4 rings (SSSR count). The normalized spacial score (nSPS) is 23.7. The molecule has 0 radical (unpaired) electrons. The topological polar surface area (TPSA) is 79.6 Å². The highest BCUT2D eigenvalue weighted by Gasteiger charge is 2.29. The summed E-state index contributed by atoms with van der Waals surface area (Å²) in [6, 6.07) is 0.0992. The Hall–Kier alpha value is -1.69. The van der Waals surface area contributed by atoms with Gasteiger partial charge >= 0.3 is 0 Å². The molecule has 0 aromatic carbocycles. The van der Waals surface area contributed by atoms with Crippen molar-refractivity contribution in [2.45, 2.75) is 44.2 Å². The van der Waals surface area contributed by atoms with E-state index in [1.54, 1.807) is 6.33 Å². The Balaban J connectivity index is 1.55. The molecule has 1 atom stereocenters. The van der Waals surface area contributed by atoms with E-state index in [2.05, 4.69) is 25.4 Å². The smallest absolute Gasteiger partial charge is 0.244 e. The highest BCUT2D eigenvalue weighted by molar-refractivity contribution is 5.17. The zero-order valence-electron chi connectivity index (χ0n) is 10.0. The summed E-state index contributed by atoms with van der Waals surface area (Å²) < 4.78 is 5.39. The predicted octanol–water partition coefficient (Wildman–Crippen LogP) is 1.45. The third-order valence-corrected chi connectivity index (χ3v) is 3.96. The number of aromatic nitrogens is 4. The summed E-state index contributed by atoms with van der Waals surface area (Å²) >= 11 is 0. The van der Waals surface area contributed by atoms with Crippen molar-refractivity contribution in [2.75, 3.05) is 0 Å². The minimum Gasteiger partial charge on any atom is -0.347 e. The molecular formula is C12H15N5O. The second-order valence-electron chi connectivity index (χ2n) is 5.08. The van der Waals surface area contributed by atoms with Crippen molar-refractivity contribution in [3.05, 3.63) is 29.4 Å². The molecule has 0 bridgehead atoms. The summed E-state index contributed by atoms with van der Waals surface area (Å²) in [6.45, 7) is 0.779. The standard InChI is InChI=1S/C12H15N5O/c1-2-7(3-1)11-16-12(18-17-11)9-4-8-10(5-13-9)15-6-14-8/h6-7,9,13H,1-5H2,(H,14,15). The van der Waals surface area contributed by atoms with E-state index >= 15 is 0 Å². The average molecular weight is 245 g/mol. The monoisotopic (exact) mass is 245 g/mol. The molecule has 2 N–H and O–H groups in total. The maximum Gasteiger partial charge on any atom is 0.244 e. The Morgan fingerprint density at radius 3 is 3.11 bits per heavy atom. The van der Waals surface area contributed by atoms with E-state index in [-0.39, 0.29) is 6.04 Å². The molecular weight excluding hydrogens is 230 g/mol. The van der Waals surface area contributed by atoms with Crippen LogP contribution in [0.2, 0.25) is 0 Å². The summed E-state index contributed by atoms with van der Waals surface area (Å²) in [5, 5.41) is 7.50. The fourth-order valence-electron chi connectivity index (χ4n) is 2.56. The van der Waals surface area contributed by atoms with E-state index in [9.17, 15) is 0 Å². The molecule has 18 heavy (non-hydrogen) atoms. The number of nitrogens with one attached hydrogen (secondary N) is 2. The molecule has 2 aromatic rings. The first-order chi connectivity index (χ1) is 8.90. The van der Waals surface area contributed by atoms with Gasteiger partial charge in [-0.3, -0.25) is 5.32 Å². The Morgan fingerprint density at radius 1 is 1.33 bits per heavy atom. The van der Waals surface area contributed by atoms with Crippen molar-refractivity contribution in [1.29, 1.82) is 0 Å². The number of nitrogens with zero attached hydrogens (tertiary/aromatic N) is 3. The largest absolute Gasteiger partial charge is 0.347 e. The highest BCUT2D eigenvalue weighted by atomic mass is 16.5. The molecule has 1 aliphatic carbocycles. The number of aromatic amines is 1. The molecule has 1 unspecified atom stereocenters. The van der Waals surface area contributed by atoms with Crippen molar-refractivity contribution in [3.63, 3.8) is 0 Å². The van der Waals surface area contributed by atoms with Crippen LogP contribution in [0.25, 0.3) is 0 Å². The van der Waals surface area contributed by atoms with E-state index in [4.69, 9.17) is 4.52 Å². The number of H-pyrrole nitrogens is 1. The summed E-state index contributed by atoms with van der Waals surface area (Å²) in [6.07, 6.45) is 6.22. The number of rotatable bonds is 2. The average Bonchev–Trinajstić information content (AvgIpc) is 2.93.